The fourth-order valence-corrected chi connectivity index (χ4v) is 3.05. The SMILES string of the molecule is Cc1ccc([C@@H]2C[C@H]2C(=O)ON2C(=O)c3ccccc3C2=O)cc1. The van der Waals surface area contributed by atoms with Gasteiger partial charge in [-0.05, 0) is 37.0 Å². The van der Waals surface area contributed by atoms with E-state index in [0.717, 1.165) is 11.1 Å². The van der Waals surface area contributed by atoms with Crippen molar-refractivity contribution in [2.75, 3.05) is 0 Å². The van der Waals surface area contributed by atoms with Crippen LogP contribution in [0.3, 0.4) is 0 Å². The number of rotatable bonds is 3. The molecule has 0 unspecified atom stereocenters. The number of hydroxylamine groups is 2. The predicted molar refractivity (Wildman–Crippen MR) is 85.1 cm³/mol. The molecule has 0 radical (unpaired) electrons. The van der Waals surface area contributed by atoms with Crippen LogP contribution in [0.15, 0.2) is 48.5 Å². The molecule has 2 aromatic rings. The van der Waals surface area contributed by atoms with E-state index in [4.69, 9.17) is 4.84 Å². The summed E-state index contributed by atoms with van der Waals surface area (Å²) in [5, 5.41) is 0.581. The molecule has 2 aliphatic rings. The maximum atomic E-state index is 12.3. The number of benzene rings is 2. The number of hydrogen-bond acceptors (Lipinski definition) is 4. The molecule has 2 atom stereocenters. The minimum Gasteiger partial charge on any atom is -0.329 e. The van der Waals surface area contributed by atoms with Crippen molar-refractivity contribution in [3.8, 4) is 0 Å². The van der Waals surface area contributed by atoms with Crippen molar-refractivity contribution < 1.29 is 19.2 Å². The summed E-state index contributed by atoms with van der Waals surface area (Å²) in [5.41, 5.74) is 2.76. The van der Waals surface area contributed by atoms with E-state index < -0.39 is 17.8 Å². The van der Waals surface area contributed by atoms with E-state index >= 15 is 0 Å². The molecule has 1 heterocycles. The van der Waals surface area contributed by atoms with Gasteiger partial charge in [-0.1, -0.05) is 47.0 Å². The summed E-state index contributed by atoms with van der Waals surface area (Å²) in [6.07, 6.45) is 0.672. The number of imide groups is 1. The number of carbonyl (C=O) groups excluding carboxylic acids is 3. The highest BCUT2D eigenvalue weighted by Gasteiger charge is 2.48. The summed E-state index contributed by atoms with van der Waals surface area (Å²) in [6.45, 7) is 2.00. The molecule has 0 aromatic heterocycles. The smallest absolute Gasteiger partial charge is 0.329 e. The molecule has 5 nitrogen and oxygen atoms in total. The standard InChI is InChI=1S/C19H15NO4/c1-11-6-8-12(9-7-11)15-10-16(15)19(23)24-20-17(21)13-4-2-3-5-14(13)18(20)22/h2-9,15-16H,10H2,1H3/t15-,16+/m0/s1. The monoisotopic (exact) mass is 321 g/mol. The molecule has 2 amide bonds. The lowest BCUT2D eigenvalue weighted by Crippen LogP contribution is -2.33. The molecule has 1 fully saturated rings. The van der Waals surface area contributed by atoms with Crippen molar-refractivity contribution in [1.82, 2.24) is 5.06 Å². The first kappa shape index (κ1) is 14.6. The topological polar surface area (TPSA) is 63.7 Å². The predicted octanol–water partition coefficient (Wildman–Crippen LogP) is 2.85. The maximum Gasteiger partial charge on any atom is 0.336 e. The van der Waals surface area contributed by atoms with Crippen LogP contribution in [-0.4, -0.2) is 22.8 Å². The summed E-state index contributed by atoms with van der Waals surface area (Å²) in [6, 6.07) is 14.4. The van der Waals surface area contributed by atoms with Gasteiger partial charge in [0.2, 0.25) is 0 Å². The maximum absolute atomic E-state index is 12.3. The van der Waals surface area contributed by atoms with Crippen molar-refractivity contribution in [2.45, 2.75) is 19.3 Å². The van der Waals surface area contributed by atoms with Gasteiger partial charge in [0.05, 0.1) is 17.0 Å². The average molecular weight is 321 g/mol. The first-order chi connectivity index (χ1) is 11.6. The van der Waals surface area contributed by atoms with Crippen molar-refractivity contribution >= 4 is 17.8 Å². The zero-order valence-electron chi connectivity index (χ0n) is 13.1. The molecule has 1 saturated carbocycles. The molecule has 120 valence electrons. The Morgan fingerprint density at radius 2 is 1.58 bits per heavy atom. The average Bonchev–Trinajstić information content (AvgIpc) is 3.36. The van der Waals surface area contributed by atoms with Gasteiger partial charge in [-0.3, -0.25) is 9.59 Å². The Morgan fingerprint density at radius 1 is 1.00 bits per heavy atom. The Balaban J connectivity index is 1.46. The van der Waals surface area contributed by atoms with Crippen molar-refractivity contribution in [1.29, 1.82) is 0 Å². The largest absolute Gasteiger partial charge is 0.336 e. The lowest BCUT2D eigenvalue weighted by molar-refractivity contribution is -0.170. The van der Waals surface area contributed by atoms with Crippen LogP contribution in [0.25, 0.3) is 0 Å². The van der Waals surface area contributed by atoms with Crippen molar-refractivity contribution in [3.63, 3.8) is 0 Å². The van der Waals surface area contributed by atoms with Crippen LogP contribution in [0, 0.1) is 12.8 Å². The van der Waals surface area contributed by atoms with E-state index in [1.165, 1.54) is 0 Å². The number of fused-ring (bicyclic) bond motifs is 1. The van der Waals surface area contributed by atoms with E-state index in [1.54, 1.807) is 24.3 Å². The van der Waals surface area contributed by atoms with E-state index in [-0.39, 0.29) is 23.0 Å². The molecule has 5 heteroatoms. The molecule has 2 aromatic carbocycles. The van der Waals surface area contributed by atoms with E-state index in [0.29, 0.717) is 11.5 Å². The summed E-state index contributed by atoms with van der Waals surface area (Å²) in [4.78, 5) is 41.8. The molecule has 0 N–H and O–H groups in total. The fraction of sp³-hybridized carbons (Fsp3) is 0.211. The third-order valence-electron chi connectivity index (χ3n) is 4.54. The molecule has 1 aliphatic carbocycles. The highest BCUT2D eigenvalue weighted by atomic mass is 16.7. The van der Waals surface area contributed by atoms with Gasteiger partial charge in [0.15, 0.2) is 0 Å². The normalized spacial score (nSPS) is 21.6. The summed E-state index contributed by atoms with van der Waals surface area (Å²) in [7, 11) is 0. The Kier molecular flexibility index (Phi) is 3.23. The third kappa shape index (κ3) is 2.29. The molecular weight excluding hydrogens is 306 g/mol. The number of carbonyl (C=O) groups is 3. The fourth-order valence-electron chi connectivity index (χ4n) is 3.05. The van der Waals surface area contributed by atoms with Gasteiger partial charge < -0.3 is 4.84 Å². The van der Waals surface area contributed by atoms with Crippen molar-refractivity contribution in [2.24, 2.45) is 5.92 Å². The minimum absolute atomic E-state index is 0.0910. The van der Waals surface area contributed by atoms with Crippen LogP contribution in [0.5, 0.6) is 0 Å². The van der Waals surface area contributed by atoms with E-state index in [9.17, 15) is 14.4 Å². The second kappa shape index (κ2) is 5.30. The highest BCUT2D eigenvalue weighted by Crippen LogP contribution is 2.48. The van der Waals surface area contributed by atoms with Gasteiger partial charge >= 0.3 is 5.97 Å². The van der Waals surface area contributed by atoms with Crippen LogP contribution < -0.4 is 0 Å². The first-order valence-corrected chi connectivity index (χ1v) is 7.82. The Morgan fingerprint density at radius 3 is 2.17 bits per heavy atom. The third-order valence-corrected chi connectivity index (χ3v) is 4.54. The van der Waals surface area contributed by atoms with Gasteiger partial charge in [0, 0.05) is 0 Å². The number of aryl methyl sites for hydroxylation is 1. The number of nitrogens with zero attached hydrogens (tertiary/aromatic N) is 1. The molecule has 4 rings (SSSR count). The molecule has 24 heavy (non-hydrogen) atoms. The van der Waals surface area contributed by atoms with Crippen LogP contribution in [0.4, 0.5) is 0 Å². The van der Waals surface area contributed by atoms with E-state index in [2.05, 4.69) is 0 Å². The van der Waals surface area contributed by atoms with Crippen LogP contribution in [-0.2, 0) is 9.63 Å². The molecule has 0 spiro atoms. The zero-order chi connectivity index (χ0) is 16.8. The summed E-state index contributed by atoms with van der Waals surface area (Å²) >= 11 is 0. The van der Waals surface area contributed by atoms with Crippen LogP contribution in [0.2, 0.25) is 0 Å². The summed E-state index contributed by atoms with van der Waals surface area (Å²) < 4.78 is 0. The molecule has 0 bridgehead atoms. The van der Waals surface area contributed by atoms with Crippen LogP contribution >= 0.6 is 0 Å². The first-order valence-electron chi connectivity index (χ1n) is 7.82. The Hall–Kier alpha value is -2.95. The lowest BCUT2D eigenvalue weighted by Gasteiger charge is -2.12. The minimum atomic E-state index is -0.587. The van der Waals surface area contributed by atoms with Gasteiger partial charge in [0.25, 0.3) is 11.8 Å². The highest BCUT2D eigenvalue weighted by molar-refractivity contribution is 6.20. The summed E-state index contributed by atoms with van der Waals surface area (Å²) in [5.74, 6) is -1.92. The zero-order valence-corrected chi connectivity index (χ0v) is 13.1. The van der Waals surface area contributed by atoms with Gasteiger partial charge in [0.1, 0.15) is 0 Å². The molecule has 0 saturated heterocycles. The van der Waals surface area contributed by atoms with E-state index in [1.807, 2.05) is 31.2 Å². The Bertz CT molecular complexity index is 821. The van der Waals surface area contributed by atoms with Gasteiger partial charge in [-0.2, -0.15) is 0 Å². The van der Waals surface area contributed by atoms with Gasteiger partial charge in [-0.25, -0.2) is 4.79 Å². The lowest BCUT2D eigenvalue weighted by atomic mass is 10.1. The second-order valence-electron chi connectivity index (χ2n) is 6.22. The molecular formula is C19H15NO4. The number of hydrogen-bond donors (Lipinski definition) is 0. The van der Waals surface area contributed by atoms with Gasteiger partial charge in [-0.15, -0.1) is 0 Å². The molecule has 1 aliphatic heterocycles. The second-order valence-corrected chi connectivity index (χ2v) is 6.22. The van der Waals surface area contributed by atoms with Crippen LogP contribution in [0.1, 0.15) is 44.2 Å². The quantitative estimate of drug-likeness (QED) is 0.816. The number of amides is 2. The Labute approximate surface area is 138 Å². The van der Waals surface area contributed by atoms with Crippen molar-refractivity contribution in [3.05, 3.63) is 70.8 Å².